The van der Waals surface area contributed by atoms with Crippen LogP contribution in [0.2, 0.25) is 0 Å². The highest BCUT2D eigenvalue weighted by Gasteiger charge is 2.04. The van der Waals surface area contributed by atoms with Crippen LogP contribution in [0.15, 0.2) is 47.4 Å². The first-order valence-electron chi connectivity index (χ1n) is 5.92. The summed E-state index contributed by atoms with van der Waals surface area (Å²) in [5.41, 5.74) is 1.73. The van der Waals surface area contributed by atoms with Gasteiger partial charge in [0, 0.05) is 10.6 Å². The minimum Gasteiger partial charge on any atom is -0.481 e. The van der Waals surface area contributed by atoms with Crippen LogP contribution in [-0.2, 0) is 17.0 Å². The number of thioether (sulfide) groups is 1. The number of hydrogen-bond acceptors (Lipinski definition) is 2. The van der Waals surface area contributed by atoms with E-state index in [1.165, 1.54) is 23.9 Å². The van der Waals surface area contributed by atoms with E-state index in [4.69, 9.17) is 5.11 Å². The molecule has 0 saturated carbocycles. The number of hydrogen-bond donors (Lipinski definition) is 1. The zero-order valence-corrected chi connectivity index (χ0v) is 11.3. The summed E-state index contributed by atoms with van der Waals surface area (Å²) < 4.78 is 25.8. The Bertz CT molecular complexity index is 612. The molecule has 2 aromatic carbocycles. The molecular weight excluding hydrogens is 282 g/mol. The average molecular weight is 294 g/mol. The van der Waals surface area contributed by atoms with E-state index in [0.717, 1.165) is 17.2 Å². The number of carbonyl (C=O) groups is 1. The molecule has 0 aliphatic heterocycles. The van der Waals surface area contributed by atoms with Crippen molar-refractivity contribution in [1.29, 1.82) is 0 Å². The number of rotatable bonds is 5. The fraction of sp³-hybridized carbons (Fsp3) is 0.133. The van der Waals surface area contributed by atoms with E-state index in [0.29, 0.717) is 10.6 Å². The molecule has 104 valence electrons. The van der Waals surface area contributed by atoms with E-state index in [9.17, 15) is 13.6 Å². The Hall–Kier alpha value is -1.88. The van der Waals surface area contributed by atoms with Crippen molar-refractivity contribution in [3.8, 4) is 0 Å². The topological polar surface area (TPSA) is 37.3 Å². The van der Waals surface area contributed by atoms with Crippen molar-refractivity contribution in [2.75, 3.05) is 0 Å². The molecule has 20 heavy (non-hydrogen) atoms. The van der Waals surface area contributed by atoms with Crippen LogP contribution in [0.3, 0.4) is 0 Å². The standard InChI is InChI=1S/C15H12F2O2S/c16-13-6-5-12(8-14(13)17)20-9-11-3-1-10(2-4-11)7-15(18)19/h1-6,8H,7,9H2,(H,18,19). The normalized spacial score (nSPS) is 10.5. The average Bonchev–Trinajstić information content (AvgIpc) is 2.41. The number of benzene rings is 2. The van der Waals surface area contributed by atoms with Crippen LogP contribution in [-0.4, -0.2) is 11.1 Å². The maximum atomic E-state index is 13.0. The van der Waals surface area contributed by atoms with Gasteiger partial charge >= 0.3 is 5.97 Å². The van der Waals surface area contributed by atoms with Gasteiger partial charge in [-0.3, -0.25) is 4.79 Å². The van der Waals surface area contributed by atoms with Gasteiger partial charge in [0.2, 0.25) is 0 Å². The quantitative estimate of drug-likeness (QED) is 0.850. The molecular formula is C15H12F2O2S. The zero-order valence-electron chi connectivity index (χ0n) is 10.5. The van der Waals surface area contributed by atoms with Crippen LogP contribution in [0, 0.1) is 11.6 Å². The Morgan fingerprint density at radius 3 is 2.25 bits per heavy atom. The second kappa shape index (κ2) is 6.52. The summed E-state index contributed by atoms with van der Waals surface area (Å²) >= 11 is 1.39. The summed E-state index contributed by atoms with van der Waals surface area (Å²) in [6.07, 6.45) is -0.00338. The summed E-state index contributed by atoms with van der Waals surface area (Å²) in [5, 5.41) is 8.67. The van der Waals surface area contributed by atoms with Gasteiger partial charge in [-0.15, -0.1) is 11.8 Å². The molecule has 0 unspecified atom stereocenters. The van der Waals surface area contributed by atoms with Gasteiger partial charge in [0.25, 0.3) is 0 Å². The van der Waals surface area contributed by atoms with Gasteiger partial charge in [-0.25, -0.2) is 8.78 Å². The van der Waals surface area contributed by atoms with E-state index in [-0.39, 0.29) is 6.42 Å². The molecule has 0 aliphatic carbocycles. The molecule has 0 bridgehead atoms. The maximum absolute atomic E-state index is 13.0. The SMILES string of the molecule is O=C(O)Cc1ccc(CSc2ccc(F)c(F)c2)cc1. The van der Waals surface area contributed by atoms with Gasteiger partial charge in [0.1, 0.15) is 0 Å². The van der Waals surface area contributed by atoms with Gasteiger partial charge in [0.05, 0.1) is 6.42 Å². The maximum Gasteiger partial charge on any atom is 0.307 e. The lowest BCUT2D eigenvalue weighted by atomic mass is 10.1. The van der Waals surface area contributed by atoms with Gasteiger partial charge in [0.15, 0.2) is 11.6 Å². The van der Waals surface area contributed by atoms with Crippen LogP contribution in [0.25, 0.3) is 0 Å². The fourth-order valence-electron chi connectivity index (χ4n) is 1.66. The molecule has 0 radical (unpaired) electrons. The van der Waals surface area contributed by atoms with Crippen LogP contribution < -0.4 is 0 Å². The summed E-state index contributed by atoms with van der Waals surface area (Å²) in [4.78, 5) is 11.2. The van der Waals surface area contributed by atoms with Crippen LogP contribution in [0.5, 0.6) is 0 Å². The van der Waals surface area contributed by atoms with Crippen LogP contribution >= 0.6 is 11.8 Å². The first kappa shape index (κ1) is 14.5. The van der Waals surface area contributed by atoms with Crippen molar-refractivity contribution in [3.63, 3.8) is 0 Å². The van der Waals surface area contributed by atoms with Gasteiger partial charge in [-0.1, -0.05) is 24.3 Å². The molecule has 0 aromatic heterocycles. The summed E-state index contributed by atoms with van der Waals surface area (Å²) in [6, 6.07) is 11.0. The van der Waals surface area contributed by atoms with Gasteiger partial charge < -0.3 is 5.11 Å². The third-order valence-corrected chi connectivity index (χ3v) is 3.74. The number of aliphatic carboxylic acids is 1. The molecule has 0 fully saturated rings. The van der Waals surface area contributed by atoms with Crippen molar-refractivity contribution in [2.24, 2.45) is 0 Å². The summed E-state index contributed by atoms with van der Waals surface area (Å²) in [7, 11) is 0. The van der Waals surface area contributed by atoms with Gasteiger partial charge in [-0.05, 0) is 29.3 Å². The third kappa shape index (κ3) is 4.06. The molecule has 0 aliphatic rings. The van der Waals surface area contributed by atoms with Crippen molar-refractivity contribution in [1.82, 2.24) is 0 Å². The zero-order chi connectivity index (χ0) is 14.5. The highest BCUT2D eigenvalue weighted by molar-refractivity contribution is 7.98. The molecule has 5 heteroatoms. The Balaban J connectivity index is 1.96. The monoisotopic (exact) mass is 294 g/mol. The second-order valence-electron chi connectivity index (χ2n) is 4.25. The van der Waals surface area contributed by atoms with Crippen molar-refractivity contribution in [3.05, 3.63) is 65.2 Å². The van der Waals surface area contributed by atoms with E-state index in [1.807, 2.05) is 12.1 Å². The minimum absolute atomic E-state index is 0.00338. The molecule has 0 heterocycles. The molecule has 2 nitrogen and oxygen atoms in total. The third-order valence-electron chi connectivity index (χ3n) is 2.67. The molecule has 1 N–H and O–H groups in total. The summed E-state index contributed by atoms with van der Waals surface area (Å²) in [6.45, 7) is 0. The fourth-order valence-corrected chi connectivity index (χ4v) is 2.54. The number of carboxylic acid groups (broad SMARTS) is 1. The van der Waals surface area contributed by atoms with E-state index in [1.54, 1.807) is 12.1 Å². The predicted octanol–water partition coefficient (Wildman–Crippen LogP) is 3.88. The largest absolute Gasteiger partial charge is 0.481 e. The number of carboxylic acids is 1. The van der Waals surface area contributed by atoms with E-state index in [2.05, 4.69) is 0 Å². The molecule has 2 aromatic rings. The predicted molar refractivity (Wildman–Crippen MR) is 73.7 cm³/mol. The van der Waals surface area contributed by atoms with Crippen molar-refractivity contribution >= 4 is 17.7 Å². The lowest BCUT2D eigenvalue weighted by Gasteiger charge is -2.04. The first-order chi connectivity index (χ1) is 9.54. The lowest BCUT2D eigenvalue weighted by Crippen LogP contribution is -1.99. The van der Waals surface area contributed by atoms with E-state index >= 15 is 0 Å². The van der Waals surface area contributed by atoms with Crippen molar-refractivity contribution in [2.45, 2.75) is 17.1 Å². The molecule has 2 rings (SSSR count). The Kier molecular flexibility index (Phi) is 4.74. The first-order valence-corrected chi connectivity index (χ1v) is 6.90. The van der Waals surface area contributed by atoms with Crippen LogP contribution in [0.4, 0.5) is 8.78 Å². The highest BCUT2D eigenvalue weighted by atomic mass is 32.2. The second-order valence-corrected chi connectivity index (χ2v) is 5.30. The number of halogens is 2. The molecule has 0 saturated heterocycles. The lowest BCUT2D eigenvalue weighted by molar-refractivity contribution is -0.136. The molecule has 0 atom stereocenters. The van der Waals surface area contributed by atoms with E-state index < -0.39 is 17.6 Å². The van der Waals surface area contributed by atoms with Crippen molar-refractivity contribution < 1.29 is 18.7 Å². The Morgan fingerprint density at radius 2 is 1.65 bits per heavy atom. The molecule has 0 amide bonds. The Morgan fingerprint density at radius 1 is 1.00 bits per heavy atom. The molecule has 0 spiro atoms. The minimum atomic E-state index is -0.867. The highest BCUT2D eigenvalue weighted by Crippen LogP contribution is 2.24. The van der Waals surface area contributed by atoms with Gasteiger partial charge in [-0.2, -0.15) is 0 Å². The van der Waals surface area contributed by atoms with Crippen LogP contribution in [0.1, 0.15) is 11.1 Å². The Labute approximate surface area is 119 Å². The summed E-state index contributed by atoms with van der Waals surface area (Å²) in [5.74, 6) is -1.97. The smallest absolute Gasteiger partial charge is 0.307 e.